The smallest absolute Gasteiger partial charge is 0.208 e. The van der Waals surface area contributed by atoms with Gasteiger partial charge in [0, 0.05) is 26.7 Å². The Morgan fingerprint density at radius 3 is 2.70 bits per heavy atom. The van der Waals surface area contributed by atoms with E-state index < -0.39 is 10.0 Å². The molecule has 0 radical (unpaired) electrons. The van der Waals surface area contributed by atoms with Gasteiger partial charge in [-0.1, -0.05) is 6.92 Å². The molecule has 114 valence electrons. The maximum Gasteiger partial charge on any atom is 0.208 e. The Balaban J connectivity index is 2.26. The lowest BCUT2D eigenvalue weighted by molar-refractivity contribution is 0.586. The quantitative estimate of drug-likeness (QED) is 0.390. The maximum absolute atomic E-state index is 10.9. The number of nitrogens with one attached hydrogen (secondary N) is 3. The van der Waals surface area contributed by atoms with Crippen LogP contribution in [0.25, 0.3) is 0 Å². The molecule has 0 aromatic carbocycles. The number of hydrogen-bond donors (Lipinski definition) is 3. The second kappa shape index (κ2) is 8.23. The topological polar surface area (TPSA) is 82.6 Å². The number of nitrogens with zero attached hydrogens (tertiary/aromatic N) is 1. The van der Waals surface area contributed by atoms with Gasteiger partial charge in [-0.05, 0) is 28.3 Å². The lowest BCUT2D eigenvalue weighted by Gasteiger charge is -2.15. The molecule has 0 aliphatic rings. The molecule has 0 aliphatic heterocycles. The zero-order chi connectivity index (χ0) is 15.0. The van der Waals surface area contributed by atoms with Gasteiger partial charge in [0.1, 0.15) is 0 Å². The van der Waals surface area contributed by atoms with Crippen LogP contribution in [-0.4, -0.2) is 47.3 Å². The number of sulfonamides is 1. The highest BCUT2D eigenvalue weighted by Gasteiger charge is 2.07. The van der Waals surface area contributed by atoms with Crippen molar-refractivity contribution in [3.63, 3.8) is 0 Å². The summed E-state index contributed by atoms with van der Waals surface area (Å²) in [6.45, 7) is 3.74. The monoisotopic (exact) mass is 318 g/mol. The van der Waals surface area contributed by atoms with Gasteiger partial charge in [0.05, 0.1) is 6.26 Å². The van der Waals surface area contributed by atoms with Gasteiger partial charge in [0.25, 0.3) is 0 Å². The molecular formula is C12H22N4O2S2. The van der Waals surface area contributed by atoms with Crippen molar-refractivity contribution in [3.05, 3.63) is 22.4 Å². The Morgan fingerprint density at radius 1 is 1.40 bits per heavy atom. The Morgan fingerprint density at radius 2 is 2.15 bits per heavy atom. The van der Waals surface area contributed by atoms with Crippen molar-refractivity contribution in [3.8, 4) is 0 Å². The standard InChI is InChI=1S/C12H22N4O2S2/c1-10(11-4-7-19-9-11)8-15-12(13-2)14-5-6-16-20(3,17)18/h4,7,9-10,16H,5-6,8H2,1-3H3,(H2,13,14,15). The van der Waals surface area contributed by atoms with E-state index in [1.165, 1.54) is 5.56 Å². The summed E-state index contributed by atoms with van der Waals surface area (Å²) in [5.74, 6) is 1.07. The van der Waals surface area contributed by atoms with Crippen molar-refractivity contribution in [2.45, 2.75) is 12.8 Å². The third-order valence-electron chi connectivity index (χ3n) is 2.69. The molecule has 0 amide bonds. The molecule has 1 unspecified atom stereocenters. The van der Waals surface area contributed by atoms with E-state index in [1.54, 1.807) is 18.4 Å². The third-order valence-corrected chi connectivity index (χ3v) is 4.12. The largest absolute Gasteiger partial charge is 0.356 e. The minimum atomic E-state index is -3.13. The van der Waals surface area contributed by atoms with Crippen LogP contribution in [0.2, 0.25) is 0 Å². The van der Waals surface area contributed by atoms with E-state index in [0.29, 0.717) is 25.0 Å². The molecule has 0 saturated heterocycles. The van der Waals surface area contributed by atoms with Gasteiger partial charge in [-0.2, -0.15) is 11.3 Å². The fourth-order valence-corrected chi connectivity index (χ4v) is 2.82. The first-order valence-electron chi connectivity index (χ1n) is 6.33. The van der Waals surface area contributed by atoms with E-state index >= 15 is 0 Å². The second-order valence-electron chi connectivity index (χ2n) is 4.50. The summed E-state index contributed by atoms with van der Waals surface area (Å²) >= 11 is 1.69. The summed E-state index contributed by atoms with van der Waals surface area (Å²) in [5.41, 5.74) is 1.30. The van der Waals surface area contributed by atoms with Crippen LogP contribution in [0.1, 0.15) is 18.4 Å². The van der Waals surface area contributed by atoms with E-state index in [4.69, 9.17) is 0 Å². The summed E-state index contributed by atoms with van der Waals surface area (Å²) in [6.07, 6.45) is 1.14. The van der Waals surface area contributed by atoms with Crippen LogP contribution >= 0.6 is 11.3 Å². The predicted octanol–water partition coefficient (Wildman–Crippen LogP) is 0.566. The number of hydrogen-bond acceptors (Lipinski definition) is 4. The Bertz CT molecular complexity index is 512. The second-order valence-corrected chi connectivity index (χ2v) is 7.12. The summed E-state index contributed by atoms with van der Waals surface area (Å²) in [6, 6.07) is 2.11. The first-order chi connectivity index (χ1) is 9.42. The molecule has 3 N–H and O–H groups in total. The van der Waals surface area contributed by atoms with Crippen molar-refractivity contribution >= 4 is 27.3 Å². The molecule has 1 heterocycles. The highest BCUT2D eigenvalue weighted by atomic mass is 32.2. The average Bonchev–Trinajstić information content (AvgIpc) is 2.90. The van der Waals surface area contributed by atoms with Crippen LogP contribution in [-0.2, 0) is 10.0 Å². The number of aliphatic imine (C=N–C) groups is 1. The van der Waals surface area contributed by atoms with Crippen LogP contribution in [0.3, 0.4) is 0 Å². The number of guanidine groups is 1. The maximum atomic E-state index is 10.9. The fraction of sp³-hybridized carbons (Fsp3) is 0.583. The third kappa shape index (κ3) is 6.88. The SMILES string of the molecule is CN=C(NCCNS(C)(=O)=O)NCC(C)c1ccsc1. The van der Waals surface area contributed by atoms with Crippen molar-refractivity contribution < 1.29 is 8.42 Å². The molecule has 0 aliphatic carbocycles. The highest BCUT2D eigenvalue weighted by Crippen LogP contribution is 2.16. The lowest BCUT2D eigenvalue weighted by Crippen LogP contribution is -2.42. The summed E-state index contributed by atoms with van der Waals surface area (Å²) in [7, 11) is -1.44. The highest BCUT2D eigenvalue weighted by molar-refractivity contribution is 7.88. The zero-order valence-electron chi connectivity index (χ0n) is 12.0. The minimum Gasteiger partial charge on any atom is -0.356 e. The molecule has 6 nitrogen and oxygen atoms in total. The normalized spacial score (nSPS) is 14.1. The van der Waals surface area contributed by atoms with Gasteiger partial charge in [-0.3, -0.25) is 4.99 Å². The summed E-state index contributed by atoms with van der Waals surface area (Å²) in [4.78, 5) is 4.10. The van der Waals surface area contributed by atoms with Crippen LogP contribution < -0.4 is 15.4 Å². The van der Waals surface area contributed by atoms with Gasteiger partial charge in [0.15, 0.2) is 5.96 Å². The first-order valence-corrected chi connectivity index (χ1v) is 9.17. The van der Waals surface area contributed by atoms with E-state index in [0.717, 1.165) is 12.8 Å². The van der Waals surface area contributed by atoms with Crippen molar-refractivity contribution in [2.75, 3.05) is 32.9 Å². The van der Waals surface area contributed by atoms with Crippen LogP contribution in [0.5, 0.6) is 0 Å². The van der Waals surface area contributed by atoms with E-state index in [-0.39, 0.29) is 0 Å². The molecule has 1 rings (SSSR count). The zero-order valence-corrected chi connectivity index (χ0v) is 13.6. The molecule has 8 heteroatoms. The minimum absolute atomic E-state index is 0.333. The van der Waals surface area contributed by atoms with E-state index in [2.05, 4.69) is 44.1 Å². The molecule has 1 atom stereocenters. The molecule has 0 spiro atoms. The van der Waals surface area contributed by atoms with Crippen molar-refractivity contribution in [1.29, 1.82) is 0 Å². The predicted molar refractivity (Wildman–Crippen MR) is 84.9 cm³/mol. The van der Waals surface area contributed by atoms with E-state index in [9.17, 15) is 8.42 Å². The van der Waals surface area contributed by atoms with Gasteiger partial charge in [0.2, 0.25) is 10.0 Å². The van der Waals surface area contributed by atoms with Gasteiger partial charge < -0.3 is 10.6 Å². The van der Waals surface area contributed by atoms with Gasteiger partial charge in [-0.15, -0.1) is 0 Å². The molecule has 0 bridgehead atoms. The summed E-state index contributed by atoms with van der Waals surface area (Å²) < 4.78 is 24.2. The number of thiophene rings is 1. The molecule has 1 aromatic rings. The molecule has 1 aromatic heterocycles. The molecule has 0 saturated carbocycles. The number of rotatable bonds is 7. The van der Waals surface area contributed by atoms with Crippen LogP contribution in [0.4, 0.5) is 0 Å². The molecular weight excluding hydrogens is 296 g/mol. The van der Waals surface area contributed by atoms with Gasteiger partial charge >= 0.3 is 0 Å². The average molecular weight is 318 g/mol. The van der Waals surface area contributed by atoms with E-state index in [1.807, 2.05) is 0 Å². The van der Waals surface area contributed by atoms with Gasteiger partial charge in [-0.25, -0.2) is 13.1 Å². The fourth-order valence-electron chi connectivity index (χ4n) is 1.56. The molecule has 20 heavy (non-hydrogen) atoms. The van der Waals surface area contributed by atoms with Crippen molar-refractivity contribution in [1.82, 2.24) is 15.4 Å². The lowest BCUT2D eigenvalue weighted by atomic mass is 10.1. The van der Waals surface area contributed by atoms with Crippen LogP contribution in [0.15, 0.2) is 21.8 Å². The first kappa shape index (κ1) is 16.9. The molecule has 0 fully saturated rings. The Kier molecular flexibility index (Phi) is 6.97. The van der Waals surface area contributed by atoms with Crippen LogP contribution in [0, 0.1) is 0 Å². The Hall–Kier alpha value is -1.12. The Labute approximate surface area is 124 Å². The summed E-state index contributed by atoms with van der Waals surface area (Å²) in [5, 5.41) is 10.5. The van der Waals surface area contributed by atoms with Crippen molar-refractivity contribution in [2.24, 2.45) is 4.99 Å².